The van der Waals surface area contributed by atoms with E-state index in [1.807, 2.05) is 4.90 Å². The molecular formula is C18H32N2O4S. The van der Waals surface area contributed by atoms with Gasteiger partial charge in [0, 0.05) is 32.5 Å². The average Bonchev–Trinajstić information content (AvgIpc) is 2.52. The second kappa shape index (κ2) is 8.52. The Labute approximate surface area is 151 Å². The SMILES string of the molecule is CCCN(CCC)C(=O)CCCC(=O)N1CCS(=O)(=O)CC12CCC2. The summed E-state index contributed by atoms with van der Waals surface area (Å²) in [5.74, 6) is 0.321. The Morgan fingerprint density at radius 3 is 2.24 bits per heavy atom. The first kappa shape index (κ1) is 20.2. The van der Waals surface area contributed by atoms with Crippen molar-refractivity contribution in [2.75, 3.05) is 31.1 Å². The van der Waals surface area contributed by atoms with Gasteiger partial charge in [-0.15, -0.1) is 0 Å². The van der Waals surface area contributed by atoms with E-state index < -0.39 is 15.4 Å². The van der Waals surface area contributed by atoms with Crippen LogP contribution in [0.25, 0.3) is 0 Å². The maximum atomic E-state index is 12.6. The van der Waals surface area contributed by atoms with Crippen molar-refractivity contribution in [1.29, 1.82) is 0 Å². The molecule has 0 unspecified atom stereocenters. The van der Waals surface area contributed by atoms with Crippen LogP contribution < -0.4 is 0 Å². The number of rotatable bonds is 8. The Hall–Kier alpha value is -1.11. The van der Waals surface area contributed by atoms with Crippen molar-refractivity contribution in [1.82, 2.24) is 9.80 Å². The fourth-order valence-corrected chi connectivity index (χ4v) is 5.87. The van der Waals surface area contributed by atoms with Crippen molar-refractivity contribution in [3.8, 4) is 0 Å². The number of carbonyl (C=O) groups excluding carboxylic acids is 2. The van der Waals surface area contributed by atoms with E-state index in [0.29, 0.717) is 25.8 Å². The van der Waals surface area contributed by atoms with Gasteiger partial charge in [0.1, 0.15) is 0 Å². The summed E-state index contributed by atoms with van der Waals surface area (Å²) in [6.07, 6.45) is 5.71. The third kappa shape index (κ3) is 4.96. The van der Waals surface area contributed by atoms with E-state index in [2.05, 4.69) is 13.8 Å². The molecule has 0 aromatic carbocycles. The molecule has 1 aliphatic heterocycles. The molecule has 6 nitrogen and oxygen atoms in total. The van der Waals surface area contributed by atoms with E-state index in [4.69, 9.17) is 0 Å². The maximum absolute atomic E-state index is 12.6. The molecule has 1 spiro atoms. The first-order valence-corrected chi connectivity index (χ1v) is 11.4. The lowest BCUT2D eigenvalue weighted by molar-refractivity contribution is -0.140. The molecule has 2 rings (SSSR count). The third-order valence-corrected chi connectivity index (χ3v) is 7.18. The van der Waals surface area contributed by atoms with Gasteiger partial charge in [-0.2, -0.15) is 0 Å². The second-order valence-corrected chi connectivity index (χ2v) is 9.63. The Kier molecular flexibility index (Phi) is 6.88. The Morgan fingerprint density at radius 2 is 1.72 bits per heavy atom. The van der Waals surface area contributed by atoms with Gasteiger partial charge in [0.15, 0.2) is 9.84 Å². The van der Waals surface area contributed by atoms with Crippen LogP contribution in [0.15, 0.2) is 0 Å². The van der Waals surface area contributed by atoms with Crippen molar-refractivity contribution >= 4 is 21.7 Å². The average molecular weight is 373 g/mol. The molecule has 1 saturated carbocycles. The minimum atomic E-state index is -3.03. The summed E-state index contributed by atoms with van der Waals surface area (Å²) in [7, 11) is -3.03. The minimum Gasteiger partial charge on any atom is -0.343 e. The number of hydrogen-bond acceptors (Lipinski definition) is 4. The molecule has 2 aliphatic rings. The molecule has 0 aromatic heterocycles. The summed E-state index contributed by atoms with van der Waals surface area (Å²) in [5, 5.41) is 0. The van der Waals surface area contributed by atoms with Crippen molar-refractivity contribution in [3.63, 3.8) is 0 Å². The Morgan fingerprint density at radius 1 is 1.08 bits per heavy atom. The number of nitrogens with zero attached hydrogens (tertiary/aromatic N) is 2. The normalized spacial score (nSPS) is 21.0. The maximum Gasteiger partial charge on any atom is 0.223 e. The third-order valence-electron chi connectivity index (χ3n) is 5.39. The number of amides is 2. The zero-order valence-electron chi connectivity index (χ0n) is 15.6. The molecule has 0 radical (unpaired) electrons. The highest BCUT2D eigenvalue weighted by Crippen LogP contribution is 2.41. The highest BCUT2D eigenvalue weighted by atomic mass is 32.2. The standard InChI is InChI=1S/C18H32N2O4S/c1-3-11-19(12-4-2)16(21)7-5-8-17(22)20-13-14-25(23,24)15-18(20)9-6-10-18/h3-15H2,1-2H3. The van der Waals surface area contributed by atoms with Gasteiger partial charge >= 0.3 is 0 Å². The zero-order valence-corrected chi connectivity index (χ0v) is 16.4. The predicted molar refractivity (Wildman–Crippen MR) is 98.0 cm³/mol. The van der Waals surface area contributed by atoms with Crippen LogP contribution in [-0.4, -0.2) is 66.7 Å². The molecule has 0 bridgehead atoms. The van der Waals surface area contributed by atoms with Crippen LogP contribution in [0.1, 0.15) is 65.2 Å². The minimum absolute atomic E-state index is 0.0138. The second-order valence-electron chi connectivity index (χ2n) is 7.45. The van der Waals surface area contributed by atoms with Gasteiger partial charge in [0.05, 0.1) is 17.0 Å². The summed E-state index contributed by atoms with van der Waals surface area (Å²) < 4.78 is 23.9. The summed E-state index contributed by atoms with van der Waals surface area (Å²) in [4.78, 5) is 28.6. The summed E-state index contributed by atoms with van der Waals surface area (Å²) in [6.45, 7) is 5.97. The van der Waals surface area contributed by atoms with Crippen LogP contribution in [0.2, 0.25) is 0 Å². The molecule has 0 atom stereocenters. The monoisotopic (exact) mass is 372 g/mol. The molecule has 1 saturated heterocycles. The lowest BCUT2D eigenvalue weighted by Gasteiger charge is -2.52. The molecule has 2 amide bonds. The fourth-order valence-electron chi connectivity index (χ4n) is 4.00. The summed E-state index contributed by atoms with van der Waals surface area (Å²) >= 11 is 0. The predicted octanol–water partition coefficient (Wildman–Crippen LogP) is 1.98. The van der Waals surface area contributed by atoms with E-state index in [0.717, 1.165) is 45.2 Å². The first-order chi connectivity index (χ1) is 11.8. The van der Waals surface area contributed by atoms with Crippen molar-refractivity contribution in [2.24, 2.45) is 0 Å². The molecule has 25 heavy (non-hydrogen) atoms. The fraction of sp³-hybridized carbons (Fsp3) is 0.889. The van der Waals surface area contributed by atoms with Gasteiger partial charge in [0.25, 0.3) is 0 Å². The number of hydrogen-bond donors (Lipinski definition) is 0. The highest BCUT2D eigenvalue weighted by Gasteiger charge is 2.50. The van der Waals surface area contributed by atoms with Gasteiger partial charge in [-0.3, -0.25) is 9.59 Å². The van der Waals surface area contributed by atoms with Gasteiger partial charge in [-0.05, 0) is 38.5 Å². The van der Waals surface area contributed by atoms with Crippen LogP contribution in [0, 0.1) is 0 Å². The molecule has 1 aliphatic carbocycles. The van der Waals surface area contributed by atoms with Gasteiger partial charge in [0.2, 0.25) is 11.8 Å². The van der Waals surface area contributed by atoms with Gasteiger partial charge in [-0.1, -0.05) is 13.8 Å². The molecule has 7 heteroatoms. The largest absolute Gasteiger partial charge is 0.343 e. The lowest BCUT2D eigenvalue weighted by atomic mass is 9.76. The topological polar surface area (TPSA) is 74.8 Å². The van der Waals surface area contributed by atoms with E-state index in [1.165, 1.54) is 0 Å². The van der Waals surface area contributed by atoms with Crippen LogP contribution in [0.5, 0.6) is 0 Å². The smallest absolute Gasteiger partial charge is 0.223 e. The molecule has 0 aromatic rings. The van der Waals surface area contributed by atoms with E-state index in [1.54, 1.807) is 4.90 Å². The van der Waals surface area contributed by atoms with Crippen LogP contribution in [0.3, 0.4) is 0 Å². The van der Waals surface area contributed by atoms with E-state index in [-0.39, 0.29) is 23.3 Å². The Bertz CT molecular complexity index is 578. The molecular weight excluding hydrogens is 340 g/mol. The Balaban J connectivity index is 1.84. The quantitative estimate of drug-likeness (QED) is 0.653. The van der Waals surface area contributed by atoms with Crippen molar-refractivity contribution in [2.45, 2.75) is 70.8 Å². The number of sulfone groups is 1. The lowest BCUT2D eigenvalue weighted by Crippen LogP contribution is -2.64. The van der Waals surface area contributed by atoms with Crippen LogP contribution in [-0.2, 0) is 19.4 Å². The van der Waals surface area contributed by atoms with E-state index in [9.17, 15) is 18.0 Å². The van der Waals surface area contributed by atoms with Gasteiger partial charge in [-0.25, -0.2) is 8.42 Å². The highest BCUT2D eigenvalue weighted by molar-refractivity contribution is 7.91. The first-order valence-electron chi connectivity index (χ1n) is 9.62. The van der Waals surface area contributed by atoms with Crippen LogP contribution in [0.4, 0.5) is 0 Å². The molecule has 2 fully saturated rings. The van der Waals surface area contributed by atoms with Crippen LogP contribution >= 0.6 is 0 Å². The zero-order chi connectivity index (χ0) is 18.5. The van der Waals surface area contributed by atoms with Crippen molar-refractivity contribution < 1.29 is 18.0 Å². The van der Waals surface area contributed by atoms with Gasteiger partial charge < -0.3 is 9.80 Å². The summed E-state index contributed by atoms with van der Waals surface area (Å²) in [5.41, 5.74) is -0.450. The van der Waals surface area contributed by atoms with Crippen molar-refractivity contribution in [3.05, 3.63) is 0 Å². The summed E-state index contributed by atoms with van der Waals surface area (Å²) in [6, 6.07) is 0. The molecule has 1 heterocycles. The molecule has 0 N–H and O–H groups in total. The molecule has 144 valence electrons. The number of carbonyl (C=O) groups is 2. The van der Waals surface area contributed by atoms with E-state index >= 15 is 0 Å².